The van der Waals surface area contributed by atoms with Crippen LogP contribution in [-0.4, -0.2) is 47.8 Å². The molecule has 1 fully saturated rings. The van der Waals surface area contributed by atoms with Gasteiger partial charge in [0.05, 0.1) is 16.5 Å². The number of amides is 2. The van der Waals surface area contributed by atoms with Crippen LogP contribution < -0.4 is 10.2 Å². The van der Waals surface area contributed by atoms with E-state index in [1.54, 1.807) is 36.9 Å². The number of carbonyl (C=O) groups is 2. The first-order chi connectivity index (χ1) is 16.2. The number of nitrogens with zero attached hydrogens (tertiary/aromatic N) is 3. The number of nitrogens with one attached hydrogen (secondary N) is 1. The van der Waals surface area contributed by atoms with Crippen molar-refractivity contribution in [2.45, 2.75) is 26.3 Å². The van der Waals surface area contributed by atoms with Gasteiger partial charge in [0.1, 0.15) is 5.76 Å². The molecule has 176 valence electrons. The molecule has 2 heterocycles. The highest BCUT2D eigenvalue weighted by atomic mass is 16.6. The molecule has 1 unspecified atom stereocenters. The Labute approximate surface area is 197 Å². The van der Waals surface area contributed by atoms with Crippen LogP contribution in [0.15, 0.2) is 59.0 Å². The average Bonchev–Trinajstić information content (AvgIpc) is 3.49. The lowest BCUT2D eigenvalue weighted by atomic mass is 10.1. The number of carbonyl (C=O) groups excluding carboxylic acids is 2. The van der Waals surface area contributed by atoms with E-state index in [0.717, 1.165) is 30.8 Å². The van der Waals surface area contributed by atoms with Crippen molar-refractivity contribution < 1.29 is 18.9 Å². The standard InChI is InChI=1S/C25H26N4O5/c1-16-4-9-21(22(14-16)29(32)33)23-10-11-24(34-23)25(31)26-18-5-7-19(8-6-18)28-13-12-20(15-28)27(3)17(2)30/h4-11,14,20H,12-13,15H2,1-3H3,(H,26,31). The Kier molecular flexibility index (Phi) is 6.36. The van der Waals surface area contributed by atoms with Crippen LogP contribution in [0.1, 0.15) is 29.5 Å². The lowest BCUT2D eigenvalue weighted by molar-refractivity contribution is -0.384. The molecule has 1 N–H and O–H groups in total. The highest BCUT2D eigenvalue weighted by Gasteiger charge is 2.27. The highest BCUT2D eigenvalue weighted by molar-refractivity contribution is 6.02. The van der Waals surface area contributed by atoms with Crippen molar-refractivity contribution in [3.63, 3.8) is 0 Å². The van der Waals surface area contributed by atoms with E-state index in [-0.39, 0.29) is 29.2 Å². The van der Waals surface area contributed by atoms with Crippen molar-refractivity contribution in [1.29, 1.82) is 0 Å². The van der Waals surface area contributed by atoms with Crippen molar-refractivity contribution in [2.75, 3.05) is 30.4 Å². The number of anilines is 2. The van der Waals surface area contributed by atoms with E-state index in [1.165, 1.54) is 12.1 Å². The van der Waals surface area contributed by atoms with E-state index in [1.807, 2.05) is 31.3 Å². The van der Waals surface area contributed by atoms with E-state index < -0.39 is 10.8 Å². The summed E-state index contributed by atoms with van der Waals surface area (Å²) in [5, 5.41) is 14.2. The zero-order valence-electron chi connectivity index (χ0n) is 19.3. The fourth-order valence-electron chi connectivity index (χ4n) is 4.10. The van der Waals surface area contributed by atoms with Gasteiger partial charge in [-0.2, -0.15) is 0 Å². The Bertz CT molecular complexity index is 1230. The van der Waals surface area contributed by atoms with Crippen LogP contribution in [0.5, 0.6) is 0 Å². The minimum atomic E-state index is -0.465. The third-order valence-electron chi connectivity index (χ3n) is 6.14. The predicted octanol–water partition coefficient (Wildman–Crippen LogP) is 4.47. The number of nitro benzene ring substituents is 1. The van der Waals surface area contributed by atoms with Crippen LogP contribution in [0.4, 0.5) is 17.1 Å². The summed E-state index contributed by atoms with van der Waals surface area (Å²) >= 11 is 0. The van der Waals surface area contributed by atoms with E-state index in [2.05, 4.69) is 10.2 Å². The Morgan fingerprint density at radius 1 is 1.15 bits per heavy atom. The maximum atomic E-state index is 12.7. The highest BCUT2D eigenvalue weighted by Crippen LogP contribution is 2.32. The van der Waals surface area contributed by atoms with Gasteiger partial charge >= 0.3 is 0 Å². The summed E-state index contributed by atoms with van der Waals surface area (Å²) in [6.07, 6.45) is 0.911. The Balaban J connectivity index is 1.42. The molecule has 2 amide bonds. The smallest absolute Gasteiger partial charge is 0.291 e. The molecule has 9 nitrogen and oxygen atoms in total. The Morgan fingerprint density at radius 3 is 2.56 bits per heavy atom. The molecule has 0 aliphatic carbocycles. The summed E-state index contributed by atoms with van der Waals surface area (Å²) in [7, 11) is 1.83. The maximum absolute atomic E-state index is 12.7. The molecule has 0 spiro atoms. The van der Waals surface area contributed by atoms with Crippen LogP contribution in [0.2, 0.25) is 0 Å². The zero-order chi connectivity index (χ0) is 24.4. The van der Waals surface area contributed by atoms with E-state index in [4.69, 9.17) is 4.42 Å². The van der Waals surface area contributed by atoms with Crippen LogP contribution in [0.25, 0.3) is 11.3 Å². The minimum absolute atomic E-state index is 0.0583. The summed E-state index contributed by atoms with van der Waals surface area (Å²) in [5.74, 6) is -0.0732. The number of nitro groups is 1. The summed E-state index contributed by atoms with van der Waals surface area (Å²) in [5.41, 5.74) is 2.63. The average molecular weight is 463 g/mol. The molecule has 4 rings (SSSR count). The third kappa shape index (κ3) is 4.78. The van der Waals surface area contributed by atoms with Crippen molar-refractivity contribution in [2.24, 2.45) is 0 Å². The monoisotopic (exact) mass is 462 g/mol. The predicted molar refractivity (Wildman–Crippen MR) is 129 cm³/mol. The van der Waals surface area contributed by atoms with Crippen molar-refractivity contribution in [1.82, 2.24) is 4.90 Å². The van der Waals surface area contributed by atoms with Gasteiger partial charge < -0.3 is 19.5 Å². The number of furan rings is 1. The number of hydrogen-bond acceptors (Lipinski definition) is 6. The molecular weight excluding hydrogens is 436 g/mol. The summed E-state index contributed by atoms with van der Waals surface area (Å²) in [4.78, 5) is 39.2. The number of hydrogen-bond donors (Lipinski definition) is 1. The molecule has 0 radical (unpaired) electrons. The molecule has 1 aromatic heterocycles. The second-order valence-corrected chi connectivity index (χ2v) is 8.46. The van der Waals surface area contributed by atoms with Gasteiger partial charge in [-0.1, -0.05) is 6.07 Å². The van der Waals surface area contributed by atoms with Crippen LogP contribution in [0, 0.1) is 17.0 Å². The maximum Gasteiger partial charge on any atom is 0.291 e. The van der Waals surface area contributed by atoms with Crippen molar-refractivity contribution in [3.8, 4) is 11.3 Å². The van der Waals surface area contributed by atoms with Crippen LogP contribution in [-0.2, 0) is 4.79 Å². The van der Waals surface area contributed by atoms with Crippen LogP contribution in [0.3, 0.4) is 0 Å². The molecular formula is C25H26N4O5. The van der Waals surface area contributed by atoms with Gasteiger partial charge in [0.2, 0.25) is 5.91 Å². The number of likely N-dealkylation sites (N-methyl/N-ethyl adjacent to an activating group) is 1. The normalized spacial score (nSPS) is 15.3. The first-order valence-electron chi connectivity index (χ1n) is 11.0. The second-order valence-electron chi connectivity index (χ2n) is 8.46. The number of aryl methyl sites for hydroxylation is 1. The topological polar surface area (TPSA) is 109 Å². The fourth-order valence-corrected chi connectivity index (χ4v) is 4.10. The molecule has 1 aliphatic heterocycles. The minimum Gasteiger partial charge on any atom is -0.451 e. The Morgan fingerprint density at radius 2 is 1.88 bits per heavy atom. The molecule has 2 aromatic carbocycles. The molecule has 1 saturated heterocycles. The molecule has 9 heteroatoms. The molecule has 0 saturated carbocycles. The van der Waals surface area contributed by atoms with Crippen molar-refractivity contribution in [3.05, 3.63) is 76.0 Å². The largest absolute Gasteiger partial charge is 0.451 e. The summed E-state index contributed by atoms with van der Waals surface area (Å²) in [6, 6.07) is 15.6. The summed E-state index contributed by atoms with van der Waals surface area (Å²) < 4.78 is 5.64. The van der Waals surface area contributed by atoms with Crippen molar-refractivity contribution >= 4 is 28.9 Å². The van der Waals surface area contributed by atoms with E-state index in [9.17, 15) is 19.7 Å². The zero-order valence-corrected chi connectivity index (χ0v) is 19.3. The van der Waals surface area contributed by atoms with Gasteiger partial charge in [0.25, 0.3) is 11.6 Å². The van der Waals surface area contributed by atoms with Gasteiger partial charge in [0.15, 0.2) is 5.76 Å². The first kappa shape index (κ1) is 23.0. The Hall–Kier alpha value is -4.14. The second kappa shape index (κ2) is 9.38. The number of rotatable bonds is 6. The molecule has 3 aromatic rings. The van der Waals surface area contributed by atoms with Gasteiger partial charge in [0, 0.05) is 44.5 Å². The number of benzene rings is 2. The van der Waals surface area contributed by atoms with E-state index >= 15 is 0 Å². The third-order valence-corrected chi connectivity index (χ3v) is 6.14. The van der Waals surface area contributed by atoms with Gasteiger partial charge in [-0.05, 0) is 61.4 Å². The summed E-state index contributed by atoms with van der Waals surface area (Å²) in [6.45, 7) is 4.97. The SMILES string of the molecule is CC(=O)N(C)C1CCN(c2ccc(NC(=O)c3ccc(-c4ccc(C)cc4[N+](=O)[O-])o3)cc2)C1. The lowest BCUT2D eigenvalue weighted by Gasteiger charge is -2.24. The van der Waals surface area contributed by atoms with Gasteiger partial charge in [-0.3, -0.25) is 19.7 Å². The first-order valence-corrected chi connectivity index (χ1v) is 11.0. The molecule has 1 aliphatic rings. The molecule has 1 atom stereocenters. The molecule has 34 heavy (non-hydrogen) atoms. The molecule has 0 bridgehead atoms. The van der Waals surface area contributed by atoms with Gasteiger partial charge in [-0.15, -0.1) is 0 Å². The van der Waals surface area contributed by atoms with Gasteiger partial charge in [-0.25, -0.2) is 0 Å². The van der Waals surface area contributed by atoms with Crippen LogP contribution >= 0.6 is 0 Å². The fraction of sp³-hybridized carbons (Fsp3) is 0.280. The quantitative estimate of drug-likeness (QED) is 0.428. The van der Waals surface area contributed by atoms with E-state index in [0.29, 0.717) is 11.3 Å². The lowest BCUT2D eigenvalue weighted by Crippen LogP contribution is -2.37.